The maximum absolute atomic E-state index is 11.5. The molecule has 0 radical (unpaired) electrons. The fourth-order valence-electron chi connectivity index (χ4n) is 2.19. The Morgan fingerprint density at radius 3 is 2.50 bits per heavy atom. The molecule has 0 aliphatic carbocycles. The Labute approximate surface area is 126 Å². The fraction of sp³-hybridized carbons (Fsp3) is 0.500. The van der Waals surface area contributed by atoms with Crippen LogP contribution in [0.5, 0.6) is 11.5 Å². The maximum Gasteiger partial charge on any atom is 0.229 e. The van der Waals surface area contributed by atoms with Crippen molar-refractivity contribution in [3.63, 3.8) is 0 Å². The van der Waals surface area contributed by atoms with E-state index in [4.69, 9.17) is 14.6 Å². The minimum atomic E-state index is -1.60. The highest BCUT2D eigenvalue weighted by atomic mass is 16.7. The Bertz CT molecular complexity index is 544. The molecule has 22 heavy (non-hydrogen) atoms. The van der Waals surface area contributed by atoms with Crippen molar-refractivity contribution in [2.75, 3.05) is 6.61 Å². The van der Waals surface area contributed by atoms with Crippen molar-refractivity contribution in [2.45, 2.75) is 37.6 Å². The van der Waals surface area contributed by atoms with Gasteiger partial charge in [-0.2, -0.15) is 0 Å². The smallest absolute Gasteiger partial charge is 0.229 e. The van der Waals surface area contributed by atoms with Gasteiger partial charge in [0.1, 0.15) is 35.9 Å². The molecular weight excluding hydrogens is 296 g/mol. The van der Waals surface area contributed by atoms with Gasteiger partial charge in [0, 0.05) is 6.07 Å². The van der Waals surface area contributed by atoms with E-state index in [-0.39, 0.29) is 22.8 Å². The molecule has 1 aliphatic heterocycles. The molecule has 0 saturated carbocycles. The number of rotatable bonds is 4. The zero-order chi connectivity index (χ0) is 16.4. The summed E-state index contributed by atoms with van der Waals surface area (Å²) in [5.41, 5.74) is 0.148. The van der Waals surface area contributed by atoms with E-state index in [0.717, 1.165) is 6.07 Å². The number of phenols is 1. The van der Waals surface area contributed by atoms with Gasteiger partial charge in [0.05, 0.1) is 12.2 Å². The Morgan fingerprint density at radius 2 is 1.91 bits per heavy atom. The summed E-state index contributed by atoms with van der Waals surface area (Å²) >= 11 is 0. The SMILES string of the molecule is CC(=O)c1ccc(O)cc1OC1OC(CO)C(O)C(O)C1O. The van der Waals surface area contributed by atoms with Crippen molar-refractivity contribution in [1.82, 2.24) is 0 Å². The Balaban J connectivity index is 2.26. The summed E-state index contributed by atoms with van der Waals surface area (Å²) in [7, 11) is 0. The van der Waals surface area contributed by atoms with Crippen LogP contribution in [0, 0.1) is 0 Å². The van der Waals surface area contributed by atoms with Crippen molar-refractivity contribution >= 4 is 5.78 Å². The number of aliphatic hydroxyl groups excluding tert-OH is 4. The van der Waals surface area contributed by atoms with E-state index >= 15 is 0 Å². The second-order valence-corrected chi connectivity index (χ2v) is 5.05. The maximum atomic E-state index is 11.5. The van der Waals surface area contributed by atoms with Crippen LogP contribution in [0.1, 0.15) is 17.3 Å². The minimum absolute atomic E-state index is 0.0446. The Hall–Kier alpha value is -1.71. The van der Waals surface area contributed by atoms with Crippen LogP contribution in [-0.2, 0) is 4.74 Å². The van der Waals surface area contributed by atoms with E-state index in [1.165, 1.54) is 19.1 Å². The van der Waals surface area contributed by atoms with Crippen molar-refractivity contribution in [2.24, 2.45) is 0 Å². The molecule has 1 aromatic rings. The van der Waals surface area contributed by atoms with Crippen molar-refractivity contribution < 1.29 is 39.8 Å². The van der Waals surface area contributed by atoms with Gasteiger partial charge in [-0.05, 0) is 19.1 Å². The molecule has 2 rings (SSSR count). The van der Waals surface area contributed by atoms with Crippen molar-refractivity contribution in [3.05, 3.63) is 23.8 Å². The molecule has 8 nitrogen and oxygen atoms in total. The molecule has 1 heterocycles. The van der Waals surface area contributed by atoms with Gasteiger partial charge in [0.25, 0.3) is 0 Å². The summed E-state index contributed by atoms with van der Waals surface area (Å²) in [5, 5.41) is 47.9. The number of benzene rings is 1. The third-order valence-corrected chi connectivity index (χ3v) is 3.44. The zero-order valence-electron chi connectivity index (χ0n) is 11.8. The number of carbonyl (C=O) groups is 1. The molecule has 0 bridgehead atoms. The standard InChI is InChI=1S/C14H18O8/c1-6(16)8-3-2-7(17)4-9(8)21-14-13(20)12(19)11(18)10(5-15)22-14/h2-4,10-15,17-20H,5H2,1H3. The molecule has 1 saturated heterocycles. The van der Waals surface area contributed by atoms with E-state index in [9.17, 15) is 25.2 Å². The number of hydrogen-bond acceptors (Lipinski definition) is 8. The molecule has 1 aromatic carbocycles. The molecule has 0 amide bonds. The molecule has 1 fully saturated rings. The minimum Gasteiger partial charge on any atom is -0.508 e. The largest absolute Gasteiger partial charge is 0.508 e. The first-order valence-corrected chi connectivity index (χ1v) is 6.66. The first-order valence-electron chi connectivity index (χ1n) is 6.66. The monoisotopic (exact) mass is 314 g/mol. The van der Waals surface area contributed by atoms with Gasteiger partial charge in [-0.3, -0.25) is 4.79 Å². The Morgan fingerprint density at radius 1 is 1.23 bits per heavy atom. The van der Waals surface area contributed by atoms with Gasteiger partial charge in [-0.1, -0.05) is 0 Å². The van der Waals surface area contributed by atoms with Gasteiger partial charge < -0.3 is 35.0 Å². The third kappa shape index (κ3) is 3.21. The van der Waals surface area contributed by atoms with Crippen LogP contribution in [0.4, 0.5) is 0 Å². The van der Waals surface area contributed by atoms with Gasteiger partial charge in [0.15, 0.2) is 5.78 Å². The highest BCUT2D eigenvalue weighted by Gasteiger charge is 2.44. The number of carbonyl (C=O) groups excluding carboxylic acids is 1. The van der Waals surface area contributed by atoms with Crippen LogP contribution in [0.15, 0.2) is 18.2 Å². The van der Waals surface area contributed by atoms with Crippen LogP contribution >= 0.6 is 0 Å². The summed E-state index contributed by atoms with van der Waals surface area (Å²) in [6.45, 7) is 0.705. The predicted octanol–water partition coefficient (Wildman–Crippen LogP) is -1.23. The normalized spacial score (nSPS) is 31.8. The molecule has 0 aromatic heterocycles. The van der Waals surface area contributed by atoms with Crippen molar-refractivity contribution in [3.8, 4) is 11.5 Å². The Kier molecular flexibility index (Phi) is 4.99. The summed E-state index contributed by atoms with van der Waals surface area (Å²) in [6.07, 6.45) is -7.23. The number of ether oxygens (including phenoxy) is 2. The molecule has 1 aliphatic rings. The van der Waals surface area contributed by atoms with Crippen LogP contribution in [0.3, 0.4) is 0 Å². The summed E-state index contributed by atoms with van der Waals surface area (Å²) < 4.78 is 10.5. The molecular formula is C14H18O8. The fourth-order valence-corrected chi connectivity index (χ4v) is 2.19. The molecule has 5 unspecified atom stereocenters. The average Bonchev–Trinajstić information content (AvgIpc) is 2.47. The van der Waals surface area contributed by atoms with Crippen LogP contribution in [0.2, 0.25) is 0 Å². The van der Waals surface area contributed by atoms with Crippen molar-refractivity contribution in [1.29, 1.82) is 0 Å². The van der Waals surface area contributed by atoms with E-state index in [1.807, 2.05) is 0 Å². The average molecular weight is 314 g/mol. The number of ketones is 1. The van der Waals surface area contributed by atoms with Gasteiger partial charge in [-0.15, -0.1) is 0 Å². The lowest BCUT2D eigenvalue weighted by atomic mass is 9.99. The summed E-state index contributed by atoms with van der Waals surface area (Å²) in [6, 6.07) is 3.81. The van der Waals surface area contributed by atoms with E-state index in [0.29, 0.717) is 0 Å². The highest BCUT2D eigenvalue weighted by molar-refractivity contribution is 5.97. The van der Waals surface area contributed by atoms with Gasteiger partial charge in [-0.25, -0.2) is 0 Å². The van der Waals surface area contributed by atoms with Gasteiger partial charge in [0.2, 0.25) is 6.29 Å². The lowest BCUT2D eigenvalue weighted by molar-refractivity contribution is -0.277. The molecule has 8 heteroatoms. The number of Topliss-reactive ketones (excluding diaryl/α,β-unsaturated/α-hetero) is 1. The van der Waals surface area contributed by atoms with Crippen LogP contribution in [-0.4, -0.2) is 68.6 Å². The number of aromatic hydroxyl groups is 1. The van der Waals surface area contributed by atoms with E-state index < -0.39 is 37.3 Å². The molecule has 0 spiro atoms. The topological polar surface area (TPSA) is 137 Å². The molecule has 122 valence electrons. The first-order chi connectivity index (χ1) is 10.3. The number of phenolic OH excluding ortho intramolecular Hbond substituents is 1. The number of hydrogen-bond donors (Lipinski definition) is 5. The summed E-state index contributed by atoms with van der Waals surface area (Å²) in [5.74, 6) is -0.541. The van der Waals surface area contributed by atoms with Crippen LogP contribution < -0.4 is 4.74 Å². The third-order valence-electron chi connectivity index (χ3n) is 3.44. The molecule has 5 atom stereocenters. The van der Waals surface area contributed by atoms with Gasteiger partial charge >= 0.3 is 0 Å². The van der Waals surface area contributed by atoms with Crippen LogP contribution in [0.25, 0.3) is 0 Å². The van der Waals surface area contributed by atoms with E-state index in [1.54, 1.807) is 0 Å². The lowest BCUT2D eigenvalue weighted by Gasteiger charge is -2.39. The lowest BCUT2D eigenvalue weighted by Crippen LogP contribution is -2.60. The summed E-state index contributed by atoms with van der Waals surface area (Å²) in [4.78, 5) is 11.5. The second-order valence-electron chi connectivity index (χ2n) is 5.05. The zero-order valence-corrected chi connectivity index (χ0v) is 11.8. The first kappa shape index (κ1) is 16.7. The second kappa shape index (κ2) is 6.59. The highest BCUT2D eigenvalue weighted by Crippen LogP contribution is 2.29. The quantitative estimate of drug-likeness (QED) is 0.436. The molecule has 5 N–H and O–H groups in total. The number of aliphatic hydroxyl groups is 4. The predicted molar refractivity (Wildman–Crippen MR) is 72.5 cm³/mol. The van der Waals surface area contributed by atoms with E-state index in [2.05, 4.69) is 0 Å².